The molecule has 0 amide bonds. The molecule has 1 N–H and O–H groups in total. The number of piperazine rings is 1. The van der Waals surface area contributed by atoms with E-state index < -0.39 is 0 Å². The molecular weight excluding hydrogens is 186 g/mol. The van der Waals surface area contributed by atoms with Gasteiger partial charge in [0.1, 0.15) is 0 Å². The first kappa shape index (κ1) is 12.9. The fraction of sp³-hybridized carbons (Fsp3) is 1.00. The first-order valence-electron chi connectivity index (χ1n) is 6.52. The summed E-state index contributed by atoms with van der Waals surface area (Å²) < 4.78 is 0. The summed E-state index contributed by atoms with van der Waals surface area (Å²) in [7, 11) is 0. The molecule has 0 aromatic heterocycles. The van der Waals surface area contributed by atoms with Crippen molar-refractivity contribution in [1.29, 1.82) is 0 Å². The molecule has 3 nitrogen and oxygen atoms in total. The highest BCUT2D eigenvalue weighted by atomic mass is 15.2. The van der Waals surface area contributed by atoms with Gasteiger partial charge in [0.25, 0.3) is 0 Å². The molecule has 0 radical (unpaired) electrons. The van der Waals surface area contributed by atoms with Crippen LogP contribution >= 0.6 is 0 Å². The highest BCUT2D eigenvalue weighted by Crippen LogP contribution is 1.99. The van der Waals surface area contributed by atoms with Crippen LogP contribution in [-0.2, 0) is 0 Å². The van der Waals surface area contributed by atoms with Crippen molar-refractivity contribution in [3.05, 3.63) is 0 Å². The van der Waals surface area contributed by atoms with Crippen LogP contribution < -0.4 is 5.32 Å². The Kier molecular flexibility index (Phi) is 6.98. The summed E-state index contributed by atoms with van der Waals surface area (Å²) in [5.74, 6) is 0. The summed E-state index contributed by atoms with van der Waals surface area (Å²) >= 11 is 0. The van der Waals surface area contributed by atoms with Crippen LogP contribution in [0.1, 0.15) is 26.7 Å². The topological polar surface area (TPSA) is 18.5 Å². The maximum Gasteiger partial charge on any atom is 0.0107 e. The lowest BCUT2D eigenvalue weighted by molar-refractivity contribution is 0.227. The zero-order valence-corrected chi connectivity index (χ0v) is 10.5. The fourth-order valence-electron chi connectivity index (χ4n) is 2.15. The molecular formula is C12H27N3. The summed E-state index contributed by atoms with van der Waals surface area (Å²) in [6.07, 6.45) is 2.71. The Labute approximate surface area is 94.8 Å². The highest BCUT2D eigenvalue weighted by molar-refractivity contribution is 4.67. The van der Waals surface area contributed by atoms with Crippen LogP contribution in [0.5, 0.6) is 0 Å². The van der Waals surface area contributed by atoms with E-state index in [0.29, 0.717) is 0 Å². The SMILES string of the molecule is CCN(CC)CCCCN1CCNCC1. The molecule has 90 valence electrons. The second kappa shape index (κ2) is 8.08. The first-order chi connectivity index (χ1) is 7.36. The number of unbranched alkanes of at least 4 members (excludes halogenated alkanes) is 1. The lowest BCUT2D eigenvalue weighted by Crippen LogP contribution is -2.43. The average molecular weight is 213 g/mol. The first-order valence-corrected chi connectivity index (χ1v) is 6.52. The maximum atomic E-state index is 3.39. The summed E-state index contributed by atoms with van der Waals surface area (Å²) in [6, 6.07) is 0. The van der Waals surface area contributed by atoms with Crippen LogP contribution in [0.15, 0.2) is 0 Å². The van der Waals surface area contributed by atoms with Crippen LogP contribution in [0, 0.1) is 0 Å². The van der Waals surface area contributed by atoms with Crippen LogP contribution in [0.3, 0.4) is 0 Å². The minimum absolute atomic E-state index is 1.18. The summed E-state index contributed by atoms with van der Waals surface area (Å²) in [6.45, 7) is 14.3. The van der Waals surface area contributed by atoms with Gasteiger partial charge in [-0.2, -0.15) is 0 Å². The van der Waals surface area contributed by atoms with Crippen molar-refractivity contribution < 1.29 is 0 Å². The normalized spacial score (nSPS) is 18.6. The van der Waals surface area contributed by atoms with E-state index in [0.717, 1.165) is 0 Å². The minimum Gasteiger partial charge on any atom is -0.314 e. The largest absolute Gasteiger partial charge is 0.314 e. The van der Waals surface area contributed by atoms with Crippen molar-refractivity contribution in [1.82, 2.24) is 15.1 Å². The van der Waals surface area contributed by atoms with Gasteiger partial charge in [0.15, 0.2) is 0 Å². The van der Waals surface area contributed by atoms with Gasteiger partial charge in [0, 0.05) is 26.2 Å². The number of rotatable bonds is 7. The molecule has 0 spiro atoms. The Morgan fingerprint density at radius 1 is 1.07 bits per heavy atom. The van der Waals surface area contributed by atoms with E-state index in [2.05, 4.69) is 29.0 Å². The van der Waals surface area contributed by atoms with Crippen molar-refractivity contribution in [3.8, 4) is 0 Å². The third kappa shape index (κ3) is 5.50. The third-order valence-corrected chi connectivity index (χ3v) is 3.30. The van der Waals surface area contributed by atoms with Crippen molar-refractivity contribution in [2.24, 2.45) is 0 Å². The van der Waals surface area contributed by atoms with E-state index in [9.17, 15) is 0 Å². The number of hydrogen-bond donors (Lipinski definition) is 1. The second-order valence-electron chi connectivity index (χ2n) is 4.33. The molecule has 3 heteroatoms. The standard InChI is InChI=1S/C12H27N3/c1-3-14(4-2)9-5-6-10-15-11-7-13-8-12-15/h13H,3-12H2,1-2H3. The van der Waals surface area contributed by atoms with Gasteiger partial charge in [-0.3, -0.25) is 0 Å². The lowest BCUT2D eigenvalue weighted by Gasteiger charge is -2.27. The number of nitrogens with zero attached hydrogens (tertiary/aromatic N) is 2. The number of hydrogen-bond acceptors (Lipinski definition) is 3. The quantitative estimate of drug-likeness (QED) is 0.637. The predicted octanol–water partition coefficient (Wildman–Crippen LogP) is 1.01. The Hall–Kier alpha value is -0.120. The van der Waals surface area contributed by atoms with Gasteiger partial charge in [-0.1, -0.05) is 13.8 Å². The van der Waals surface area contributed by atoms with Crippen LogP contribution in [0.4, 0.5) is 0 Å². The van der Waals surface area contributed by atoms with E-state index in [1.54, 1.807) is 0 Å². The lowest BCUT2D eigenvalue weighted by atomic mass is 10.2. The van der Waals surface area contributed by atoms with Crippen LogP contribution in [0.2, 0.25) is 0 Å². The molecule has 0 aromatic rings. The van der Waals surface area contributed by atoms with Crippen molar-refractivity contribution >= 4 is 0 Å². The molecule has 0 saturated carbocycles. The van der Waals surface area contributed by atoms with Crippen molar-refractivity contribution in [2.45, 2.75) is 26.7 Å². The molecule has 1 saturated heterocycles. The van der Waals surface area contributed by atoms with Crippen molar-refractivity contribution in [2.75, 3.05) is 52.4 Å². The van der Waals surface area contributed by atoms with Crippen LogP contribution in [0.25, 0.3) is 0 Å². The summed E-state index contributed by atoms with van der Waals surface area (Å²) in [5.41, 5.74) is 0. The molecule has 1 aliphatic heterocycles. The van der Waals surface area contributed by atoms with E-state index in [4.69, 9.17) is 0 Å². The molecule has 1 aliphatic rings. The van der Waals surface area contributed by atoms with Gasteiger partial charge in [-0.25, -0.2) is 0 Å². The highest BCUT2D eigenvalue weighted by Gasteiger charge is 2.08. The predicted molar refractivity (Wildman–Crippen MR) is 66.3 cm³/mol. The van der Waals surface area contributed by atoms with E-state index in [1.807, 2.05) is 0 Å². The number of nitrogens with one attached hydrogen (secondary N) is 1. The van der Waals surface area contributed by atoms with Gasteiger partial charge in [0.2, 0.25) is 0 Å². The molecule has 0 unspecified atom stereocenters. The molecule has 0 aromatic carbocycles. The Bertz CT molecular complexity index is 140. The molecule has 0 bridgehead atoms. The van der Waals surface area contributed by atoms with Crippen LogP contribution in [-0.4, -0.2) is 62.2 Å². The molecule has 1 rings (SSSR count). The van der Waals surface area contributed by atoms with E-state index in [1.165, 1.54) is 65.2 Å². The van der Waals surface area contributed by atoms with E-state index in [-0.39, 0.29) is 0 Å². The monoisotopic (exact) mass is 213 g/mol. The maximum absolute atomic E-state index is 3.39. The van der Waals surface area contributed by atoms with Gasteiger partial charge in [-0.15, -0.1) is 0 Å². The Morgan fingerprint density at radius 2 is 1.73 bits per heavy atom. The average Bonchev–Trinajstić information content (AvgIpc) is 2.31. The zero-order valence-electron chi connectivity index (χ0n) is 10.5. The van der Waals surface area contributed by atoms with Gasteiger partial charge in [-0.05, 0) is 39.0 Å². The summed E-state index contributed by atoms with van der Waals surface area (Å²) in [4.78, 5) is 5.09. The second-order valence-corrected chi connectivity index (χ2v) is 4.33. The molecule has 1 fully saturated rings. The third-order valence-electron chi connectivity index (χ3n) is 3.30. The fourth-order valence-corrected chi connectivity index (χ4v) is 2.15. The van der Waals surface area contributed by atoms with Crippen molar-refractivity contribution in [3.63, 3.8) is 0 Å². The van der Waals surface area contributed by atoms with Gasteiger partial charge >= 0.3 is 0 Å². The molecule has 15 heavy (non-hydrogen) atoms. The summed E-state index contributed by atoms with van der Waals surface area (Å²) in [5, 5.41) is 3.39. The molecule has 1 heterocycles. The van der Waals surface area contributed by atoms with E-state index >= 15 is 0 Å². The smallest absolute Gasteiger partial charge is 0.0107 e. The Balaban J connectivity index is 1.95. The Morgan fingerprint density at radius 3 is 2.33 bits per heavy atom. The van der Waals surface area contributed by atoms with Gasteiger partial charge < -0.3 is 15.1 Å². The molecule has 0 aliphatic carbocycles. The zero-order chi connectivity index (χ0) is 10.9. The van der Waals surface area contributed by atoms with Gasteiger partial charge in [0.05, 0.1) is 0 Å². The minimum atomic E-state index is 1.18. The molecule has 0 atom stereocenters.